The zero-order valence-electron chi connectivity index (χ0n) is 19.7. The molecule has 2 aliphatic rings. The summed E-state index contributed by atoms with van der Waals surface area (Å²) >= 11 is 0. The van der Waals surface area contributed by atoms with Crippen molar-refractivity contribution in [2.45, 2.75) is 44.1 Å². The standard InChI is InChI=1S/C25H24F3N3O6/c1-37-18-7-5-15(6-8-18)14-30-19-11-12-29(20(32)9-10-21(33)34)22(19)23(35)31(24(30)36)17-4-2-3-16(13-17)25(26,27)28/h2-8,13,19,22H,9-12,14H2,1H3,(H,33,34)/p-1/t19-,22+/m1/s1. The van der Waals surface area contributed by atoms with Crippen LogP contribution in [0, 0.1) is 0 Å². The first-order valence-corrected chi connectivity index (χ1v) is 11.5. The molecule has 9 nitrogen and oxygen atoms in total. The number of nitrogens with zero attached hydrogens (tertiary/aromatic N) is 3. The number of benzene rings is 2. The number of carboxylic acid groups (broad SMARTS) is 1. The second-order valence-corrected chi connectivity index (χ2v) is 8.74. The molecule has 2 heterocycles. The molecule has 2 saturated heterocycles. The maximum atomic E-state index is 13.6. The van der Waals surface area contributed by atoms with Crippen LogP contribution in [-0.4, -0.2) is 59.4 Å². The van der Waals surface area contributed by atoms with E-state index >= 15 is 0 Å². The fourth-order valence-electron chi connectivity index (χ4n) is 4.70. The molecule has 196 valence electrons. The first-order valence-electron chi connectivity index (χ1n) is 11.5. The van der Waals surface area contributed by atoms with Crippen LogP contribution in [0.4, 0.5) is 23.7 Å². The number of hydrogen-bond acceptors (Lipinski definition) is 6. The molecule has 12 heteroatoms. The van der Waals surface area contributed by atoms with Gasteiger partial charge in [-0.1, -0.05) is 18.2 Å². The third-order valence-corrected chi connectivity index (χ3v) is 6.48. The van der Waals surface area contributed by atoms with Crippen LogP contribution in [0.25, 0.3) is 0 Å². The van der Waals surface area contributed by atoms with Gasteiger partial charge in [0.05, 0.1) is 24.4 Å². The third kappa shape index (κ3) is 5.23. The van der Waals surface area contributed by atoms with Crippen LogP contribution in [-0.2, 0) is 27.1 Å². The number of anilines is 1. The molecule has 2 atom stereocenters. The topological polar surface area (TPSA) is 110 Å². The van der Waals surface area contributed by atoms with E-state index in [4.69, 9.17) is 4.74 Å². The second-order valence-electron chi connectivity index (χ2n) is 8.74. The smallest absolute Gasteiger partial charge is 0.416 e. The van der Waals surface area contributed by atoms with Gasteiger partial charge < -0.3 is 24.4 Å². The molecule has 2 aromatic rings. The minimum atomic E-state index is -4.70. The van der Waals surface area contributed by atoms with E-state index in [2.05, 4.69) is 0 Å². The Hall–Kier alpha value is -4.09. The van der Waals surface area contributed by atoms with Gasteiger partial charge in [-0.3, -0.25) is 9.59 Å². The number of methoxy groups -OCH3 is 1. The van der Waals surface area contributed by atoms with Crippen molar-refractivity contribution < 1.29 is 42.2 Å². The Balaban J connectivity index is 1.72. The van der Waals surface area contributed by atoms with Gasteiger partial charge >= 0.3 is 12.2 Å². The molecule has 37 heavy (non-hydrogen) atoms. The molecular weight excluding hydrogens is 495 g/mol. The number of alkyl halides is 3. The van der Waals surface area contributed by atoms with E-state index in [0.717, 1.165) is 12.1 Å². The van der Waals surface area contributed by atoms with Crippen molar-refractivity contribution in [3.63, 3.8) is 0 Å². The largest absolute Gasteiger partial charge is 0.550 e. The number of fused-ring (bicyclic) bond motifs is 1. The Labute approximate surface area is 210 Å². The van der Waals surface area contributed by atoms with Crippen LogP contribution in [0.15, 0.2) is 48.5 Å². The summed E-state index contributed by atoms with van der Waals surface area (Å²) in [6.07, 6.45) is -5.42. The second kappa shape index (κ2) is 10.1. The molecule has 0 radical (unpaired) electrons. The lowest BCUT2D eigenvalue weighted by atomic mass is 10.0. The van der Waals surface area contributed by atoms with Crippen LogP contribution in [0.1, 0.15) is 30.4 Å². The number of urea groups is 1. The molecule has 0 spiro atoms. The predicted octanol–water partition coefficient (Wildman–Crippen LogP) is 2.18. The van der Waals surface area contributed by atoms with Crippen molar-refractivity contribution in [1.29, 1.82) is 0 Å². The average molecular weight is 518 g/mol. The number of hydrogen-bond donors (Lipinski definition) is 0. The van der Waals surface area contributed by atoms with Gasteiger partial charge in [0.15, 0.2) is 0 Å². The third-order valence-electron chi connectivity index (χ3n) is 6.48. The first-order chi connectivity index (χ1) is 17.5. The lowest BCUT2D eigenvalue weighted by Crippen LogP contribution is -2.66. The molecule has 4 rings (SSSR count). The fraction of sp³-hybridized carbons (Fsp3) is 0.360. The molecule has 0 aliphatic carbocycles. The molecule has 0 N–H and O–H groups in total. The predicted molar refractivity (Wildman–Crippen MR) is 121 cm³/mol. The van der Waals surface area contributed by atoms with E-state index in [-0.39, 0.29) is 25.2 Å². The van der Waals surface area contributed by atoms with Crippen molar-refractivity contribution in [2.75, 3.05) is 18.6 Å². The van der Waals surface area contributed by atoms with Crippen LogP contribution in [0.3, 0.4) is 0 Å². The molecule has 0 bridgehead atoms. The van der Waals surface area contributed by atoms with Crippen molar-refractivity contribution in [2.24, 2.45) is 0 Å². The quantitative estimate of drug-likeness (QED) is 0.556. The van der Waals surface area contributed by atoms with Gasteiger partial charge in [0.2, 0.25) is 5.91 Å². The van der Waals surface area contributed by atoms with Crippen LogP contribution < -0.4 is 14.7 Å². The highest BCUT2D eigenvalue weighted by molar-refractivity contribution is 6.19. The number of aliphatic carboxylic acids is 1. The number of ether oxygens (including phenoxy) is 1. The first kappa shape index (κ1) is 26.0. The summed E-state index contributed by atoms with van der Waals surface area (Å²) in [7, 11) is 1.50. The van der Waals surface area contributed by atoms with E-state index in [1.807, 2.05) is 0 Å². The Morgan fingerprint density at radius 1 is 1.08 bits per heavy atom. The molecular formula is C25H23F3N3O6-. The summed E-state index contributed by atoms with van der Waals surface area (Å²) in [4.78, 5) is 54.0. The lowest BCUT2D eigenvalue weighted by molar-refractivity contribution is -0.305. The Kier molecular flexibility index (Phi) is 7.10. The monoisotopic (exact) mass is 518 g/mol. The van der Waals surface area contributed by atoms with Gasteiger partial charge in [0.1, 0.15) is 11.8 Å². The molecule has 2 aromatic carbocycles. The highest BCUT2D eigenvalue weighted by atomic mass is 19.4. The van der Waals surface area contributed by atoms with Crippen molar-refractivity contribution in [3.05, 3.63) is 59.7 Å². The molecule has 2 aliphatic heterocycles. The van der Waals surface area contributed by atoms with Crippen molar-refractivity contribution in [1.82, 2.24) is 9.80 Å². The van der Waals surface area contributed by atoms with Gasteiger partial charge in [-0.25, -0.2) is 9.69 Å². The summed E-state index contributed by atoms with van der Waals surface area (Å²) < 4.78 is 45.3. The fourth-order valence-corrected chi connectivity index (χ4v) is 4.70. The molecule has 0 saturated carbocycles. The normalized spacial score (nSPS) is 19.7. The SMILES string of the molecule is COc1ccc(CN2C(=O)N(c3cccc(C(F)(F)F)c3)C(=O)[C@@H]3[C@H]2CCN3C(=O)CCC(=O)[O-])cc1. The minimum absolute atomic E-state index is 0.0216. The molecule has 0 aromatic heterocycles. The Morgan fingerprint density at radius 3 is 2.41 bits per heavy atom. The summed E-state index contributed by atoms with van der Waals surface area (Å²) in [5, 5.41) is 10.8. The molecule has 2 fully saturated rings. The highest BCUT2D eigenvalue weighted by Crippen LogP contribution is 2.37. The van der Waals surface area contributed by atoms with E-state index in [0.29, 0.717) is 22.3 Å². The number of likely N-dealkylation sites (tertiary alicyclic amines) is 1. The maximum Gasteiger partial charge on any atom is 0.416 e. The summed E-state index contributed by atoms with van der Waals surface area (Å²) in [6, 6.07) is 7.90. The average Bonchev–Trinajstić information content (AvgIpc) is 3.31. The number of carbonyl (C=O) groups is 4. The van der Waals surface area contributed by atoms with Gasteiger partial charge in [-0.2, -0.15) is 13.2 Å². The number of rotatable bonds is 7. The zero-order chi connectivity index (χ0) is 26.9. The highest BCUT2D eigenvalue weighted by Gasteiger charge is 2.53. The van der Waals surface area contributed by atoms with Crippen molar-refractivity contribution >= 4 is 29.5 Å². The number of halogens is 3. The van der Waals surface area contributed by atoms with E-state index in [9.17, 15) is 37.5 Å². The zero-order valence-corrected chi connectivity index (χ0v) is 19.7. The number of carboxylic acids is 1. The number of carbonyl (C=O) groups excluding carboxylic acids is 4. The van der Waals surface area contributed by atoms with Crippen LogP contribution in [0.5, 0.6) is 5.75 Å². The van der Waals surface area contributed by atoms with E-state index in [1.54, 1.807) is 24.3 Å². The van der Waals surface area contributed by atoms with Crippen LogP contribution in [0.2, 0.25) is 0 Å². The Bertz CT molecular complexity index is 1220. The van der Waals surface area contributed by atoms with Gasteiger partial charge in [0, 0.05) is 25.5 Å². The number of imide groups is 1. The summed E-state index contributed by atoms with van der Waals surface area (Å²) in [5.74, 6) is -2.31. The minimum Gasteiger partial charge on any atom is -0.550 e. The maximum absolute atomic E-state index is 13.6. The van der Waals surface area contributed by atoms with Gasteiger partial charge in [-0.05, 0) is 48.7 Å². The molecule has 4 amide bonds. The van der Waals surface area contributed by atoms with E-state index in [1.165, 1.54) is 23.0 Å². The summed E-state index contributed by atoms with van der Waals surface area (Å²) in [5.41, 5.74) is -0.646. The van der Waals surface area contributed by atoms with Gasteiger partial charge in [-0.15, -0.1) is 0 Å². The molecule has 0 unspecified atom stereocenters. The van der Waals surface area contributed by atoms with Crippen molar-refractivity contribution in [3.8, 4) is 5.75 Å². The lowest BCUT2D eigenvalue weighted by Gasteiger charge is -2.43. The van der Waals surface area contributed by atoms with E-state index < -0.39 is 60.5 Å². The van der Waals surface area contributed by atoms with Crippen LogP contribution >= 0.6 is 0 Å². The summed E-state index contributed by atoms with van der Waals surface area (Å²) in [6.45, 7) is 0.101. The Morgan fingerprint density at radius 2 is 1.78 bits per heavy atom. The van der Waals surface area contributed by atoms with Gasteiger partial charge in [0.25, 0.3) is 5.91 Å². The number of amides is 4.